The summed E-state index contributed by atoms with van der Waals surface area (Å²) in [4.78, 5) is 9.28. The van der Waals surface area contributed by atoms with Crippen molar-refractivity contribution in [3.05, 3.63) is 45.9 Å². The smallest absolute Gasteiger partial charge is 0.405 e. The maximum absolute atomic E-state index is 12.4. The molecule has 2 N–H and O–H groups in total. The third-order valence-corrected chi connectivity index (χ3v) is 4.06. The molecule has 0 radical (unpaired) electrons. The first-order chi connectivity index (χ1) is 11.4. The van der Waals surface area contributed by atoms with Crippen LogP contribution in [-0.4, -0.2) is 24.4 Å². The van der Waals surface area contributed by atoms with E-state index >= 15 is 0 Å². The predicted octanol–water partition coefficient (Wildman–Crippen LogP) is 3.83. The first-order valence-electron chi connectivity index (χ1n) is 7.06. The van der Waals surface area contributed by atoms with E-state index in [2.05, 4.69) is 25.3 Å². The SMILES string of the molecule is CN=C(NCc1ccccc1OC(F)(F)F)NCc1scnc1C.I. The Balaban J connectivity index is 0.00000312. The Morgan fingerprint density at radius 1 is 1.24 bits per heavy atom. The van der Waals surface area contributed by atoms with Crippen LogP contribution < -0.4 is 15.4 Å². The zero-order chi connectivity index (χ0) is 17.6. The van der Waals surface area contributed by atoms with Gasteiger partial charge >= 0.3 is 6.36 Å². The molecule has 0 atom stereocenters. The fourth-order valence-electron chi connectivity index (χ4n) is 1.93. The third kappa shape index (κ3) is 7.06. The van der Waals surface area contributed by atoms with E-state index in [9.17, 15) is 13.2 Å². The Labute approximate surface area is 164 Å². The van der Waals surface area contributed by atoms with E-state index in [0.29, 0.717) is 18.1 Å². The predicted molar refractivity (Wildman–Crippen MR) is 102 cm³/mol. The average molecular weight is 486 g/mol. The molecule has 0 aliphatic rings. The van der Waals surface area contributed by atoms with Gasteiger partial charge in [0.2, 0.25) is 0 Å². The quantitative estimate of drug-likeness (QED) is 0.383. The zero-order valence-electron chi connectivity index (χ0n) is 13.6. The second kappa shape index (κ2) is 9.80. The highest BCUT2D eigenvalue weighted by Crippen LogP contribution is 2.26. The topological polar surface area (TPSA) is 58.5 Å². The van der Waals surface area contributed by atoms with E-state index in [1.807, 2.05) is 6.92 Å². The highest BCUT2D eigenvalue weighted by molar-refractivity contribution is 14.0. The summed E-state index contributed by atoms with van der Waals surface area (Å²) in [6.07, 6.45) is -4.72. The van der Waals surface area contributed by atoms with Crippen LogP contribution in [0.5, 0.6) is 5.75 Å². The molecule has 5 nitrogen and oxygen atoms in total. The van der Waals surface area contributed by atoms with Gasteiger partial charge in [-0.15, -0.1) is 48.5 Å². The van der Waals surface area contributed by atoms with Gasteiger partial charge in [-0.25, -0.2) is 4.98 Å². The van der Waals surface area contributed by atoms with Crippen LogP contribution in [0.15, 0.2) is 34.8 Å². The fraction of sp³-hybridized carbons (Fsp3) is 0.333. The number of aliphatic imine (C=N–C) groups is 1. The van der Waals surface area contributed by atoms with Crippen LogP contribution in [0.2, 0.25) is 0 Å². The average Bonchev–Trinajstić information content (AvgIpc) is 2.93. The molecule has 0 aliphatic heterocycles. The van der Waals surface area contributed by atoms with Gasteiger partial charge in [-0.05, 0) is 13.0 Å². The number of rotatable bonds is 5. The molecule has 2 rings (SSSR count). The lowest BCUT2D eigenvalue weighted by Gasteiger charge is -2.15. The summed E-state index contributed by atoms with van der Waals surface area (Å²) >= 11 is 1.52. The van der Waals surface area contributed by atoms with E-state index in [4.69, 9.17) is 0 Å². The Morgan fingerprint density at radius 2 is 1.92 bits per heavy atom. The summed E-state index contributed by atoms with van der Waals surface area (Å²) in [5.74, 6) is 0.246. The molecule has 25 heavy (non-hydrogen) atoms. The first-order valence-corrected chi connectivity index (χ1v) is 7.94. The molecule has 1 heterocycles. The Kier molecular flexibility index (Phi) is 8.42. The molecule has 0 amide bonds. The van der Waals surface area contributed by atoms with E-state index < -0.39 is 6.36 Å². The van der Waals surface area contributed by atoms with E-state index in [1.54, 1.807) is 24.7 Å². The summed E-state index contributed by atoms with van der Waals surface area (Å²) in [7, 11) is 1.59. The van der Waals surface area contributed by atoms with Crippen molar-refractivity contribution in [3.63, 3.8) is 0 Å². The lowest BCUT2D eigenvalue weighted by atomic mass is 10.2. The summed E-state index contributed by atoms with van der Waals surface area (Å²) in [6, 6.07) is 5.98. The number of ether oxygens (including phenoxy) is 1. The Hall–Kier alpha value is -1.56. The number of hydrogen-bond donors (Lipinski definition) is 2. The molecule has 0 spiro atoms. The number of nitrogens with zero attached hydrogens (tertiary/aromatic N) is 2. The van der Waals surface area contributed by atoms with Gasteiger partial charge in [0.15, 0.2) is 5.96 Å². The molecule has 10 heteroatoms. The van der Waals surface area contributed by atoms with E-state index in [1.165, 1.54) is 23.5 Å². The van der Waals surface area contributed by atoms with Gasteiger partial charge in [0.05, 0.1) is 17.7 Å². The van der Waals surface area contributed by atoms with Gasteiger partial charge in [0.25, 0.3) is 0 Å². The first kappa shape index (κ1) is 21.5. The lowest BCUT2D eigenvalue weighted by molar-refractivity contribution is -0.274. The van der Waals surface area contributed by atoms with Gasteiger partial charge in [0.1, 0.15) is 5.75 Å². The lowest BCUT2D eigenvalue weighted by Crippen LogP contribution is -2.36. The molecule has 0 saturated carbocycles. The van der Waals surface area contributed by atoms with Gasteiger partial charge in [-0.3, -0.25) is 4.99 Å². The van der Waals surface area contributed by atoms with E-state index in [-0.39, 0.29) is 36.3 Å². The van der Waals surface area contributed by atoms with Crippen molar-refractivity contribution >= 4 is 41.3 Å². The molecule has 0 aliphatic carbocycles. The molecule has 138 valence electrons. The number of aryl methyl sites for hydroxylation is 1. The second-order valence-corrected chi connectivity index (χ2v) is 5.74. The molecule has 1 aromatic carbocycles. The largest absolute Gasteiger partial charge is 0.573 e. The van der Waals surface area contributed by atoms with Gasteiger partial charge in [-0.2, -0.15) is 0 Å². The number of aromatic nitrogens is 1. The summed E-state index contributed by atoms with van der Waals surface area (Å²) in [5, 5.41) is 6.07. The monoisotopic (exact) mass is 486 g/mol. The minimum atomic E-state index is -4.72. The molecular formula is C15H18F3IN4OS. The third-order valence-electron chi connectivity index (χ3n) is 3.13. The molecule has 2 aromatic rings. The summed E-state index contributed by atoms with van der Waals surface area (Å²) in [5.41, 5.74) is 3.08. The van der Waals surface area contributed by atoms with Crippen LogP contribution in [0, 0.1) is 6.92 Å². The molecular weight excluding hydrogens is 468 g/mol. The fourth-order valence-corrected chi connectivity index (χ4v) is 2.65. The van der Waals surface area contributed by atoms with Crippen LogP contribution in [0.3, 0.4) is 0 Å². The standard InChI is InChI=1S/C15H17F3N4OS.HI/c1-10-13(24-9-22-10)8-21-14(19-2)20-7-11-5-3-4-6-12(11)23-15(16,17)18;/h3-6,9H,7-8H2,1-2H3,(H2,19,20,21);1H. The van der Waals surface area contributed by atoms with Gasteiger partial charge in [0, 0.05) is 24.0 Å². The van der Waals surface area contributed by atoms with Crippen molar-refractivity contribution in [1.82, 2.24) is 15.6 Å². The molecule has 0 bridgehead atoms. The number of hydrogen-bond acceptors (Lipinski definition) is 4. The minimum Gasteiger partial charge on any atom is -0.405 e. The van der Waals surface area contributed by atoms with Crippen molar-refractivity contribution in [2.75, 3.05) is 7.05 Å². The second-order valence-electron chi connectivity index (χ2n) is 4.80. The number of halogens is 4. The van der Waals surface area contributed by atoms with Crippen LogP contribution in [0.4, 0.5) is 13.2 Å². The van der Waals surface area contributed by atoms with Crippen molar-refractivity contribution in [1.29, 1.82) is 0 Å². The normalized spacial score (nSPS) is 11.6. The van der Waals surface area contributed by atoms with Gasteiger partial charge < -0.3 is 15.4 Å². The number of guanidine groups is 1. The number of alkyl halides is 3. The minimum absolute atomic E-state index is 0. The van der Waals surface area contributed by atoms with Crippen molar-refractivity contribution in [3.8, 4) is 5.75 Å². The Morgan fingerprint density at radius 3 is 2.52 bits per heavy atom. The maximum atomic E-state index is 12.4. The number of thiazole rings is 1. The van der Waals surface area contributed by atoms with Crippen molar-refractivity contribution < 1.29 is 17.9 Å². The van der Waals surface area contributed by atoms with Gasteiger partial charge in [-0.1, -0.05) is 18.2 Å². The number of benzene rings is 1. The highest BCUT2D eigenvalue weighted by atomic mass is 127. The summed E-state index contributed by atoms with van der Waals surface area (Å²) in [6.45, 7) is 2.60. The molecule has 0 fully saturated rings. The zero-order valence-corrected chi connectivity index (χ0v) is 16.7. The van der Waals surface area contributed by atoms with Crippen LogP contribution in [0.25, 0.3) is 0 Å². The number of nitrogens with one attached hydrogen (secondary N) is 2. The summed E-state index contributed by atoms with van der Waals surface area (Å²) < 4.78 is 41.3. The highest BCUT2D eigenvalue weighted by Gasteiger charge is 2.31. The van der Waals surface area contributed by atoms with Crippen LogP contribution in [0.1, 0.15) is 16.1 Å². The van der Waals surface area contributed by atoms with Crippen LogP contribution in [-0.2, 0) is 13.1 Å². The maximum Gasteiger partial charge on any atom is 0.573 e. The van der Waals surface area contributed by atoms with Crippen LogP contribution >= 0.6 is 35.3 Å². The van der Waals surface area contributed by atoms with Crippen molar-refractivity contribution in [2.24, 2.45) is 4.99 Å². The number of para-hydroxylation sites is 1. The Bertz CT molecular complexity index is 706. The van der Waals surface area contributed by atoms with E-state index in [0.717, 1.165) is 10.6 Å². The molecule has 0 saturated heterocycles. The molecule has 1 aromatic heterocycles. The van der Waals surface area contributed by atoms with Crippen molar-refractivity contribution in [2.45, 2.75) is 26.4 Å². The molecule has 0 unspecified atom stereocenters.